The number of methoxy groups -OCH3 is 2. The van der Waals surface area contributed by atoms with Crippen molar-refractivity contribution in [1.29, 1.82) is 0 Å². The molecule has 14 heteroatoms. The molecule has 5 aromatic rings. The fourth-order valence-corrected chi connectivity index (χ4v) is 6.87. The number of nitrogens with one attached hydrogen (secondary N) is 1. The third kappa shape index (κ3) is 7.19. The molecule has 6 rings (SSSR count). The summed E-state index contributed by atoms with van der Waals surface area (Å²) in [4.78, 5) is 36.1. The molecule has 1 aliphatic rings. The van der Waals surface area contributed by atoms with Crippen molar-refractivity contribution in [2.24, 2.45) is 5.92 Å². The van der Waals surface area contributed by atoms with Crippen LogP contribution in [0.2, 0.25) is 5.02 Å². The van der Waals surface area contributed by atoms with Gasteiger partial charge in [-0.2, -0.15) is 0 Å². The molecule has 2 aromatic carbocycles. The minimum atomic E-state index is -2.86. The van der Waals surface area contributed by atoms with Gasteiger partial charge in [0.1, 0.15) is 11.2 Å². The van der Waals surface area contributed by atoms with E-state index in [2.05, 4.69) is 41.1 Å². The average Bonchev–Trinajstić information content (AvgIpc) is 3.60. The standard InChI is InChI=1S/C35H33BrClF2N7O3/c1-18-22(7-6-10-25(18)42-32-30-26(14-20(36)15-41-30)43-33(45-32)31(38)39)23-8-5-9-24(29(23)37)27-16-40-28(34(44-27)48-3)17-46(2)21-12-11-19(13-21)35(47)49-4/h5-10,14-16,19,21,31H,11-13,17H2,1-4H3,(H,42,43,45)/t19-,21-/m0/s1. The molecule has 0 aliphatic heterocycles. The molecule has 1 saturated carbocycles. The molecule has 0 saturated heterocycles. The van der Waals surface area contributed by atoms with Crippen LogP contribution < -0.4 is 10.1 Å². The van der Waals surface area contributed by atoms with Crippen molar-refractivity contribution >= 4 is 56.0 Å². The maximum Gasteiger partial charge on any atom is 0.308 e. The van der Waals surface area contributed by atoms with Gasteiger partial charge in [0, 0.05) is 40.1 Å². The topological polar surface area (TPSA) is 115 Å². The fraction of sp³-hybridized carbons (Fsp3) is 0.314. The maximum atomic E-state index is 13.7. The summed E-state index contributed by atoms with van der Waals surface area (Å²) in [6, 6.07) is 13.1. The predicted octanol–water partition coefficient (Wildman–Crippen LogP) is 8.34. The number of halogens is 4. The van der Waals surface area contributed by atoms with Crippen LogP contribution in [0.25, 0.3) is 33.4 Å². The number of anilines is 2. The number of nitrogens with zero attached hydrogens (tertiary/aromatic N) is 6. The lowest BCUT2D eigenvalue weighted by atomic mass is 9.96. The molecule has 2 atom stereocenters. The summed E-state index contributed by atoms with van der Waals surface area (Å²) in [5.41, 5.74) is 5.53. The fourth-order valence-electron chi connectivity index (χ4n) is 6.23. The zero-order valence-corrected chi connectivity index (χ0v) is 29.5. The first-order chi connectivity index (χ1) is 23.6. The highest BCUT2D eigenvalue weighted by Crippen LogP contribution is 2.40. The summed E-state index contributed by atoms with van der Waals surface area (Å²) >= 11 is 10.4. The Hall–Kier alpha value is -4.33. The van der Waals surface area contributed by atoms with Crippen LogP contribution in [0.3, 0.4) is 0 Å². The summed E-state index contributed by atoms with van der Waals surface area (Å²) in [6.45, 7) is 2.41. The van der Waals surface area contributed by atoms with Crippen molar-refractivity contribution in [2.75, 3.05) is 26.6 Å². The van der Waals surface area contributed by atoms with E-state index in [0.29, 0.717) is 50.1 Å². The summed E-state index contributed by atoms with van der Waals surface area (Å²) in [5, 5.41) is 3.66. The normalized spacial score (nSPS) is 16.0. The van der Waals surface area contributed by atoms with Crippen LogP contribution in [0.1, 0.15) is 42.8 Å². The molecule has 49 heavy (non-hydrogen) atoms. The quantitative estimate of drug-likeness (QED) is 0.140. The predicted molar refractivity (Wildman–Crippen MR) is 187 cm³/mol. The zero-order valence-electron chi connectivity index (χ0n) is 27.2. The number of pyridine rings is 1. The Morgan fingerprint density at radius 1 is 1.06 bits per heavy atom. The van der Waals surface area contributed by atoms with E-state index in [1.165, 1.54) is 7.11 Å². The Morgan fingerprint density at radius 3 is 2.57 bits per heavy atom. The van der Waals surface area contributed by atoms with Crippen LogP contribution in [0.4, 0.5) is 20.3 Å². The van der Waals surface area contributed by atoms with Crippen molar-refractivity contribution in [1.82, 2.24) is 29.8 Å². The van der Waals surface area contributed by atoms with Gasteiger partial charge in [0.25, 0.3) is 6.43 Å². The number of ether oxygens (including phenoxy) is 2. The second-order valence-electron chi connectivity index (χ2n) is 11.8. The Balaban J connectivity index is 1.28. The monoisotopic (exact) mass is 751 g/mol. The van der Waals surface area contributed by atoms with Crippen LogP contribution in [-0.2, 0) is 16.1 Å². The number of rotatable bonds is 10. The minimum absolute atomic E-state index is 0.0903. The molecule has 1 N–H and O–H groups in total. The van der Waals surface area contributed by atoms with E-state index in [1.54, 1.807) is 25.6 Å². The minimum Gasteiger partial charge on any atom is -0.480 e. The van der Waals surface area contributed by atoms with Gasteiger partial charge in [-0.05, 0) is 72.4 Å². The molecule has 254 valence electrons. The van der Waals surface area contributed by atoms with E-state index in [4.69, 9.17) is 31.0 Å². The van der Waals surface area contributed by atoms with Crippen LogP contribution in [0.15, 0.2) is 59.3 Å². The molecule has 0 radical (unpaired) electrons. The first-order valence-corrected chi connectivity index (χ1v) is 16.7. The van der Waals surface area contributed by atoms with Crippen LogP contribution in [-0.4, -0.2) is 63.1 Å². The first kappa shape index (κ1) is 34.5. The molecular weight excluding hydrogens is 720 g/mol. The summed E-state index contributed by atoms with van der Waals surface area (Å²) in [6.07, 6.45) is 2.81. The summed E-state index contributed by atoms with van der Waals surface area (Å²) < 4.78 is 38.6. The Kier molecular flexibility index (Phi) is 10.3. The van der Waals surface area contributed by atoms with E-state index >= 15 is 0 Å². The van der Waals surface area contributed by atoms with Crippen LogP contribution in [0, 0.1) is 12.8 Å². The van der Waals surface area contributed by atoms with E-state index in [9.17, 15) is 13.6 Å². The van der Waals surface area contributed by atoms with E-state index in [1.807, 2.05) is 50.4 Å². The van der Waals surface area contributed by atoms with Gasteiger partial charge < -0.3 is 14.8 Å². The van der Waals surface area contributed by atoms with Gasteiger partial charge in [-0.3, -0.25) is 14.7 Å². The molecule has 0 amide bonds. The lowest BCUT2D eigenvalue weighted by Gasteiger charge is -2.24. The third-order valence-electron chi connectivity index (χ3n) is 8.83. The number of fused-ring (bicyclic) bond motifs is 1. The largest absolute Gasteiger partial charge is 0.480 e. The molecule has 3 heterocycles. The first-order valence-electron chi connectivity index (χ1n) is 15.5. The Morgan fingerprint density at radius 2 is 1.82 bits per heavy atom. The molecule has 1 fully saturated rings. The van der Waals surface area contributed by atoms with Gasteiger partial charge in [-0.1, -0.05) is 41.9 Å². The second-order valence-corrected chi connectivity index (χ2v) is 13.1. The number of carbonyl (C=O) groups excluding carboxylic acids is 1. The van der Waals surface area contributed by atoms with Crippen molar-refractivity contribution in [2.45, 2.75) is 45.2 Å². The number of alkyl halides is 2. The highest BCUT2D eigenvalue weighted by atomic mass is 79.9. The van der Waals surface area contributed by atoms with Crippen LogP contribution in [0.5, 0.6) is 5.88 Å². The Bertz CT molecular complexity index is 2040. The molecular formula is C35H33BrClF2N7O3. The van der Waals surface area contributed by atoms with Gasteiger partial charge in [-0.25, -0.2) is 28.7 Å². The number of hydrogen-bond donors (Lipinski definition) is 1. The smallest absolute Gasteiger partial charge is 0.308 e. The third-order valence-corrected chi connectivity index (χ3v) is 9.67. The molecule has 3 aromatic heterocycles. The highest BCUT2D eigenvalue weighted by molar-refractivity contribution is 9.10. The number of aromatic nitrogens is 5. The number of carbonyl (C=O) groups is 1. The van der Waals surface area contributed by atoms with E-state index in [-0.39, 0.29) is 29.3 Å². The van der Waals surface area contributed by atoms with Gasteiger partial charge in [0.15, 0.2) is 11.6 Å². The van der Waals surface area contributed by atoms with Crippen molar-refractivity contribution < 1.29 is 23.0 Å². The van der Waals surface area contributed by atoms with E-state index < -0.39 is 12.2 Å². The molecule has 1 aliphatic carbocycles. The summed E-state index contributed by atoms with van der Waals surface area (Å²) in [7, 11) is 4.99. The number of esters is 1. The van der Waals surface area contributed by atoms with Gasteiger partial charge in [0.2, 0.25) is 5.88 Å². The number of benzene rings is 2. The molecule has 10 nitrogen and oxygen atoms in total. The van der Waals surface area contributed by atoms with E-state index in [0.717, 1.165) is 36.0 Å². The lowest BCUT2D eigenvalue weighted by molar-refractivity contribution is -0.145. The Labute approximate surface area is 295 Å². The number of hydrogen-bond acceptors (Lipinski definition) is 10. The molecule has 0 spiro atoms. The van der Waals surface area contributed by atoms with Crippen LogP contribution >= 0.6 is 27.5 Å². The van der Waals surface area contributed by atoms with Crippen molar-refractivity contribution in [3.05, 3.63) is 81.4 Å². The molecule has 0 unspecified atom stereocenters. The van der Waals surface area contributed by atoms with Crippen molar-refractivity contribution in [3.8, 4) is 28.3 Å². The van der Waals surface area contributed by atoms with Crippen molar-refractivity contribution in [3.63, 3.8) is 0 Å². The second kappa shape index (κ2) is 14.7. The average molecular weight is 753 g/mol. The lowest BCUT2D eigenvalue weighted by Crippen LogP contribution is -2.30. The highest BCUT2D eigenvalue weighted by Gasteiger charge is 2.33. The zero-order chi connectivity index (χ0) is 34.8. The van der Waals surface area contributed by atoms with Gasteiger partial charge >= 0.3 is 5.97 Å². The molecule has 0 bridgehead atoms. The van der Waals surface area contributed by atoms with Gasteiger partial charge in [0.05, 0.1) is 42.6 Å². The SMILES string of the molecule is COC(=O)[C@H]1CC[C@H](N(C)Cc2ncc(-c3cccc(-c4cccc(Nc5nc(C(F)F)nc6cc(Br)cnc56)c4C)c3Cl)nc2OC)C1. The maximum absolute atomic E-state index is 13.7. The van der Waals surface area contributed by atoms with Gasteiger partial charge in [-0.15, -0.1) is 0 Å². The summed E-state index contributed by atoms with van der Waals surface area (Å²) in [5.74, 6) is -0.302.